The number of aromatic nitrogens is 2. The Morgan fingerprint density at radius 3 is 2.67 bits per heavy atom. The molecule has 1 aromatic carbocycles. The van der Waals surface area contributed by atoms with Crippen LogP contribution in [0.3, 0.4) is 0 Å². The van der Waals surface area contributed by atoms with Gasteiger partial charge in [-0.05, 0) is 38.9 Å². The molecule has 0 aliphatic carbocycles. The van der Waals surface area contributed by atoms with E-state index in [0.29, 0.717) is 22.6 Å². The van der Waals surface area contributed by atoms with Crippen molar-refractivity contribution in [3.8, 4) is 0 Å². The monoisotopic (exact) mass is 325 g/mol. The van der Waals surface area contributed by atoms with Crippen molar-refractivity contribution in [2.24, 2.45) is 0 Å². The first-order valence-corrected chi connectivity index (χ1v) is 7.91. The van der Waals surface area contributed by atoms with Crippen LogP contribution in [0.5, 0.6) is 0 Å². The van der Waals surface area contributed by atoms with E-state index in [0.717, 1.165) is 23.5 Å². The first-order valence-electron chi connectivity index (χ1n) is 7.15. The van der Waals surface area contributed by atoms with Gasteiger partial charge >= 0.3 is 0 Å². The molecule has 1 aromatic heterocycles. The van der Waals surface area contributed by atoms with Crippen molar-refractivity contribution in [3.05, 3.63) is 50.8 Å². The van der Waals surface area contributed by atoms with Crippen LogP contribution in [0.15, 0.2) is 18.2 Å². The number of aryl methyl sites for hydroxylation is 1. The number of hydrogen-bond donors (Lipinski definition) is 1. The highest BCUT2D eigenvalue weighted by molar-refractivity contribution is 6.42. The second-order valence-electron chi connectivity index (χ2n) is 5.23. The fourth-order valence-electron chi connectivity index (χ4n) is 2.73. The van der Waals surface area contributed by atoms with Gasteiger partial charge in [-0.15, -0.1) is 0 Å². The summed E-state index contributed by atoms with van der Waals surface area (Å²) in [6.07, 6.45) is 0. The van der Waals surface area contributed by atoms with Gasteiger partial charge in [0.2, 0.25) is 0 Å². The highest BCUT2D eigenvalue weighted by atomic mass is 35.5. The van der Waals surface area contributed by atoms with Gasteiger partial charge < -0.3 is 5.32 Å². The smallest absolute Gasteiger partial charge is 0.0677 e. The zero-order valence-electron chi connectivity index (χ0n) is 12.9. The Morgan fingerprint density at radius 2 is 2.00 bits per heavy atom. The van der Waals surface area contributed by atoms with Crippen LogP contribution in [-0.4, -0.2) is 16.3 Å². The summed E-state index contributed by atoms with van der Waals surface area (Å²) in [5.41, 5.74) is 4.46. The third-order valence-electron chi connectivity index (χ3n) is 3.73. The van der Waals surface area contributed by atoms with Gasteiger partial charge in [-0.3, -0.25) is 4.68 Å². The molecule has 1 heterocycles. The molecule has 114 valence electrons. The minimum absolute atomic E-state index is 0.290. The molecule has 0 radical (unpaired) electrons. The Morgan fingerprint density at radius 1 is 1.29 bits per heavy atom. The molecule has 0 aliphatic heterocycles. The van der Waals surface area contributed by atoms with E-state index >= 15 is 0 Å². The Balaban J connectivity index is 2.34. The first-order chi connectivity index (χ1) is 9.95. The molecule has 3 nitrogen and oxygen atoms in total. The van der Waals surface area contributed by atoms with Crippen molar-refractivity contribution in [1.82, 2.24) is 15.1 Å². The molecule has 0 amide bonds. The van der Waals surface area contributed by atoms with Gasteiger partial charge in [0.05, 0.1) is 22.3 Å². The number of benzene rings is 1. The molecule has 5 heteroatoms. The molecule has 0 fully saturated rings. The third kappa shape index (κ3) is 3.42. The number of rotatable bonds is 5. The van der Waals surface area contributed by atoms with Gasteiger partial charge in [0.15, 0.2) is 0 Å². The molecule has 0 aliphatic rings. The maximum atomic E-state index is 6.27. The van der Waals surface area contributed by atoms with Gasteiger partial charge in [0.25, 0.3) is 0 Å². The van der Waals surface area contributed by atoms with Crippen molar-refractivity contribution in [1.29, 1.82) is 0 Å². The van der Waals surface area contributed by atoms with E-state index in [2.05, 4.69) is 31.2 Å². The van der Waals surface area contributed by atoms with E-state index in [1.807, 2.05) is 23.7 Å². The van der Waals surface area contributed by atoms with Crippen LogP contribution in [0.4, 0.5) is 0 Å². The normalized spacial score (nSPS) is 12.7. The average Bonchev–Trinajstić information content (AvgIpc) is 2.70. The van der Waals surface area contributed by atoms with Crippen molar-refractivity contribution < 1.29 is 0 Å². The summed E-state index contributed by atoms with van der Waals surface area (Å²) in [6, 6.07) is 5.99. The van der Waals surface area contributed by atoms with Crippen molar-refractivity contribution in [2.45, 2.75) is 40.3 Å². The van der Waals surface area contributed by atoms with E-state index in [-0.39, 0.29) is 0 Å². The zero-order valence-corrected chi connectivity index (χ0v) is 14.4. The van der Waals surface area contributed by atoms with Gasteiger partial charge in [-0.1, -0.05) is 42.3 Å². The maximum absolute atomic E-state index is 6.27. The van der Waals surface area contributed by atoms with Crippen LogP contribution in [0, 0.1) is 13.8 Å². The summed E-state index contributed by atoms with van der Waals surface area (Å²) in [4.78, 5) is 0. The van der Waals surface area contributed by atoms with Crippen LogP contribution in [0.25, 0.3) is 0 Å². The Bertz CT molecular complexity index is 635. The lowest BCUT2D eigenvalue weighted by atomic mass is 10.1. The van der Waals surface area contributed by atoms with Crippen LogP contribution >= 0.6 is 23.2 Å². The second kappa shape index (κ2) is 6.82. The van der Waals surface area contributed by atoms with Gasteiger partial charge in [0, 0.05) is 17.3 Å². The summed E-state index contributed by atoms with van der Waals surface area (Å²) >= 11 is 12.3. The number of nitrogens with zero attached hydrogens (tertiary/aromatic N) is 2. The maximum Gasteiger partial charge on any atom is 0.0677 e. The molecule has 0 spiro atoms. The van der Waals surface area contributed by atoms with E-state index in [1.165, 1.54) is 5.56 Å². The average molecular weight is 326 g/mol. The minimum atomic E-state index is 0.290. The number of nitrogens with one attached hydrogen (secondary N) is 1. The molecular formula is C16H21Cl2N3. The predicted octanol–water partition coefficient (Wildman–Crippen LogP) is 4.53. The molecule has 21 heavy (non-hydrogen) atoms. The van der Waals surface area contributed by atoms with E-state index < -0.39 is 0 Å². The molecule has 0 bridgehead atoms. The lowest BCUT2D eigenvalue weighted by Gasteiger charge is -2.13. The molecular weight excluding hydrogens is 305 g/mol. The lowest BCUT2D eigenvalue weighted by Crippen LogP contribution is -2.19. The van der Waals surface area contributed by atoms with Crippen LogP contribution in [0.1, 0.15) is 42.4 Å². The molecule has 0 saturated carbocycles. The topological polar surface area (TPSA) is 29.9 Å². The molecule has 2 rings (SSSR count). The molecule has 1 atom stereocenters. The van der Waals surface area contributed by atoms with E-state index in [1.54, 1.807) is 6.07 Å². The van der Waals surface area contributed by atoms with Crippen molar-refractivity contribution in [2.75, 3.05) is 6.54 Å². The summed E-state index contributed by atoms with van der Waals surface area (Å²) < 4.78 is 2.00. The van der Waals surface area contributed by atoms with Crippen LogP contribution in [-0.2, 0) is 6.54 Å². The molecule has 1 N–H and O–H groups in total. The Hall–Kier alpha value is -1.03. The lowest BCUT2D eigenvalue weighted by molar-refractivity contribution is 0.589. The molecule has 1 unspecified atom stereocenters. The zero-order chi connectivity index (χ0) is 15.6. The first kappa shape index (κ1) is 16.3. The SMILES string of the molecule is CCNC(C)c1c(C)nn(Cc2cccc(Cl)c2Cl)c1C. The minimum Gasteiger partial charge on any atom is -0.310 e. The number of halogens is 2. The largest absolute Gasteiger partial charge is 0.310 e. The summed E-state index contributed by atoms with van der Waals surface area (Å²) in [6.45, 7) is 9.98. The fraction of sp³-hybridized carbons (Fsp3) is 0.438. The Labute approximate surface area is 136 Å². The van der Waals surface area contributed by atoms with Crippen LogP contribution < -0.4 is 5.32 Å². The summed E-state index contributed by atoms with van der Waals surface area (Å²) in [5, 5.41) is 9.28. The molecule has 2 aromatic rings. The van der Waals surface area contributed by atoms with E-state index in [9.17, 15) is 0 Å². The highest BCUT2D eigenvalue weighted by Crippen LogP contribution is 2.27. The summed E-state index contributed by atoms with van der Waals surface area (Å²) in [7, 11) is 0. The van der Waals surface area contributed by atoms with Crippen molar-refractivity contribution in [3.63, 3.8) is 0 Å². The number of hydrogen-bond acceptors (Lipinski definition) is 2. The fourth-order valence-corrected chi connectivity index (χ4v) is 3.11. The Kier molecular flexibility index (Phi) is 5.31. The quantitative estimate of drug-likeness (QED) is 0.875. The highest BCUT2D eigenvalue weighted by Gasteiger charge is 2.17. The molecule has 0 saturated heterocycles. The van der Waals surface area contributed by atoms with Crippen molar-refractivity contribution >= 4 is 23.2 Å². The van der Waals surface area contributed by atoms with Gasteiger partial charge in [-0.25, -0.2) is 0 Å². The van der Waals surface area contributed by atoms with E-state index in [4.69, 9.17) is 23.2 Å². The van der Waals surface area contributed by atoms with Crippen LogP contribution in [0.2, 0.25) is 10.0 Å². The standard InChI is InChI=1S/C16H21Cl2N3/c1-5-19-10(2)15-11(3)20-21(12(15)4)9-13-7-6-8-14(17)16(13)18/h6-8,10,19H,5,9H2,1-4H3. The predicted molar refractivity (Wildman–Crippen MR) is 89.4 cm³/mol. The van der Waals surface area contributed by atoms with Gasteiger partial charge in [-0.2, -0.15) is 5.10 Å². The summed E-state index contributed by atoms with van der Waals surface area (Å²) in [5.74, 6) is 0. The van der Waals surface area contributed by atoms with Gasteiger partial charge in [0.1, 0.15) is 0 Å². The second-order valence-corrected chi connectivity index (χ2v) is 6.02. The third-order valence-corrected chi connectivity index (χ3v) is 4.59.